The largest absolute Gasteiger partial charge is 0.359 e. The lowest BCUT2D eigenvalue weighted by Crippen LogP contribution is -2.30. The molecule has 0 aliphatic carbocycles. The number of hydrogen-bond acceptors (Lipinski definition) is 2. The summed E-state index contributed by atoms with van der Waals surface area (Å²) in [6.07, 6.45) is 4.07. The van der Waals surface area contributed by atoms with Gasteiger partial charge in [-0.15, -0.1) is 0 Å². The summed E-state index contributed by atoms with van der Waals surface area (Å²) in [7, 11) is 1.58. The van der Waals surface area contributed by atoms with Gasteiger partial charge in [0.2, 0.25) is 11.8 Å². The molecule has 1 unspecified atom stereocenters. The quantitative estimate of drug-likeness (QED) is 0.871. The Balaban J connectivity index is 1.69. The topological polar surface area (TPSA) is 49.4 Å². The Morgan fingerprint density at radius 3 is 2.20 bits per heavy atom. The molecule has 3 rings (SSSR count). The van der Waals surface area contributed by atoms with Crippen LogP contribution < -0.4 is 10.2 Å². The van der Waals surface area contributed by atoms with E-state index in [1.54, 1.807) is 24.1 Å². The van der Waals surface area contributed by atoms with Crippen LogP contribution in [0.4, 0.5) is 10.1 Å². The summed E-state index contributed by atoms with van der Waals surface area (Å²) in [6, 6.07) is 13.8. The highest BCUT2D eigenvalue weighted by Gasteiger charge is 2.34. The zero-order valence-corrected chi connectivity index (χ0v) is 13.9. The van der Waals surface area contributed by atoms with Gasteiger partial charge in [-0.05, 0) is 35.4 Å². The van der Waals surface area contributed by atoms with Crippen molar-refractivity contribution in [2.24, 2.45) is 5.92 Å². The molecule has 1 fully saturated rings. The van der Waals surface area contributed by atoms with E-state index in [0.29, 0.717) is 6.54 Å². The third kappa shape index (κ3) is 3.94. The van der Waals surface area contributed by atoms with E-state index in [-0.39, 0.29) is 30.0 Å². The van der Waals surface area contributed by atoms with Crippen LogP contribution in [0.3, 0.4) is 0 Å². The maximum Gasteiger partial charge on any atom is 0.227 e. The Labute approximate surface area is 146 Å². The monoisotopic (exact) mass is 338 g/mol. The van der Waals surface area contributed by atoms with Gasteiger partial charge in [-0.25, -0.2) is 4.39 Å². The first kappa shape index (κ1) is 16.9. The molecule has 2 amide bonds. The Morgan fingerprint density at radius 2 is 1.64 bits per heavy atom. The van der Waals surface area contributed by atoms with Gasteiger partial charge < -0.3 is 10.2 Å². The van der Waals surface area contributed by atoms with Crippen LogP contribution in [0, 0.1) is 11.7 Å². The van der Waals surface area contributed by atoms with Crippen molar-refractivity contribution in [2.75, 3.05) is 18.5 Å². The predicted molar refractivity (Wildman–Crippen MR) is 96.3 cm³/mol. The third-order valence-corrected chi connectivity index (χ3v) is 4.29. The summed E-state index contributed by atoms with van der Waals surface area (Å²) in [6.45, 7) is 0.406. The number of carbonyl (C=O) groups excluding carboxylic acids is 2. The first-order valence-corrected chi connectivity index (χ1v) is 8.12. The summed E-state index contributed by atoms with van der Waals surface area (Å²) in [4.78, 5) is 25.5. The first-order valence-electron chi connectivity index (χ1n) is 8.12. The average molecular weight is 338 g/mol. The van der Waals surface area contributed by atoms with Gasteiger partial charge >= 0.3 is 0 Å². The fraction of sp³-hybridized carbons (Fsp3) is 0.200. The van der Waals surface area contributed by atoms with Crippen LogP contribution in [0.5, 0.6) is 0 Å². The van der Waals surface area contributed by atoms with Gasteiger partial charge in [0.25, 0.3) is 0 Å². The van der Waals surface area contributed by atoms with E-state index in [4.69, 9.17) is 0 Å². The van der Waals surface area contributed by atoms with Crippen molar-refractivity contribution in [1.82, 2.24) is 5.32 Å². The minimum absolute atomic E-state index is 0.0387. The number of nitrogens with zero attached hydrogens (tertiary/aromatic N) is 1. The molecule has 128 valence electrons. The van der Waals surface area contributed by atoms with E-state index >= 15 is 0 Å². The normalized spacial score (nSPS) is 17.3. The highest BCUT2D eigenvalue weighted by molar-refractivity contribution is 6.00. The molecule has 1 aliphatic rings. The molecule has 1 saturated heterocycles. The zero-order valence-electron chi connectivity index (χ0n) is 13.9. The summed E-state index contributed by atoms with van der Waals surface area (Å²) < 4.78 is 12.9. The molecular weight excluding hydrogens is 319 g/mol. The Morgan fingerprint density at radius 1 is 1.08 bits per heavy atom. The van der Waals surface area contributed by atoms with Gasteiger partial charge in [-0.1, -0.05) is 36.4 Å². The van der Waals surface area contributed by atoms with Gasteiger partial charge in [-0.3, -0.25) is 9.59 Å². The Hall–Kier alpha value is -2.95. The van der Waals surface area contributed by atoms with E-state index < -0.39 is 0 Å². The van der Waals surface area contributed by atoms with Crippen LogP contribution in [-0.2, 0) is 9.59 Å². The molecule has 1 N–H and O–H groups in total. The highest BCUT2D eigenvalue weighted by Crippen LogP contribution is 2.25. The number of benzene rings is 2. The lowest BCUT2D eigenvalue weighted by molar-refractivity contribution is -0.125. The second-order valence-corrected chi connectivity index (χ2v) is 6.00. The molecule has 1 heterocycles. The number of hydrogen-bond donors (Lipinski definition) is 1. The SMILES string of the molecule is CNC(=O)C1CC(=O)N(c2ccc(/C=C/c3ccc(F)cc3)cc2)C1. The first-order chi connectivity index (χ1) is 12.1. The van der Waals surface area contributed by atoms with Crippen molar-refractivity contribution >= 4 is 29.7 Å². The Kier molecular flexibility index (Phi) is 4.93. The maximum absolute atomic E-state index is 12.9. The van der Waals surface area contributed by atoms with Gasteiger partial charge in [0.05, 0.1) is 5.92 Å². The van der Waals surface area contributed by atoms with Crippen LogP contribution in [-0.4, -0.2) is 25.4 Å². The molecule has 2 aromatic rings. The molecule has 0 saturated carbocycles. The maximum atomic E-state index is 12.9. The molecule has 0 radical (unpaired) electrons. The molecule has 5 heteroatoms. The number of anilines is 1. The summed E-state index contributed by atoms with van der Waals surface area (Å²) in [5.41, 5.74) is 2.67. The van der Waals surface area contributed by atoms with Crippen LogP contribution in [0.1, 0.15) is 17.5 Å². The van der Waals surface area contributed by atoms with Gasteiger partial charge in [0.1, 0.15) is 5.82 Å². The summed E-state index contributed by atoms with van der Waals surface area (Å²) in [5.74, 6) is -0.694. The molecule has 1 atom stereocenters. The molecular formula is C20H19FN2O2. The summed E-state index contributed by atoms with van der Waals surface area (Å²) in [5, 5.41) is 2.59. The fourth-order valence-electron chi connectivity index (χ4n) is 2.87. The standard InChI is InChI=1S/C20H19FN2O2/c1-22-20(25)16-12-19(24)23(13-16)18-10-6-15(7-11-18)3-2-14-4-8-17(21)9-5-14/h2-11,16H,12-13H2,1H3,(H,22,25)/b3-2+. The van der Waals surface area contributed by atoms with E-state index in [1.807, 2.05) is 36.4 Å². The van der Waals surface area contributed by atoms with Crippen LogP contribution in [0.2, 0.25) is 0 Å². The van der Waals surface area contributed by atoms with E-state index in [9.17, 15) is 14.0 Å². The van der Waals surface area contributed by atoms with Crippen LogP contribution >= 0.6 is 0 Å². The van der Waals surface area contributed by atoms with Crippen LogP contribution in [0.25, 0.3) is 12.2 Å². The van der Waals surface area contributed by atoms with Gasteiger partial charge in [0.15, 0.2) is 0 Å². The molecule has 4 nitrogen and oxygen atoms in total. The molecule has 0 aromatic heterocycles. The smallest absolute Gasteiger partial charge is 0.227 e. The predicted octanol–water partition coefficient (Wildman–Crippen LogP) is 3.10. The number of nitrogens with one attached hydrogen (secondary N) is 1. The number of halogens is 1. The van der Waals surface area contributed by atoms with Crippen molar-refractivity contribution in [3.8, 4) is 0 Å². The van der Waals surface area contributed by atoms with E-state index in [2.05, 4.69) is 5.32 Å². The molecule has 2 aromatic carbocycles. The summed E-state index contributed by atoms with van der Waals surface area (Å²) >= 11 is 0. The highest BCUT2D eigenvalue weighted by atomic mass is 19.1. The van der Waals surface area contributed by atoms with Crippen LogP contribution in [0.15, 0.2) is 48.5 Å². The van der Waals surface area contributed by atoms with Crippen molar-refractivity contribution in [2.45, 2.75) is 6.42 Å². The van der Waals surface area contributed by atoms with Gasteiger partial charge in [-0.2, -0.15) is 0 Å². The van der Waals surface area contributed by atoms with Crippen molar-refractivity contribution in [3.05, 3.63) is 65.5 Å². The zero-order chi connectivity index (χ0) is 17.8. The molecule has 25 heavy (non-hydrogen) atoms. The number of rotatable bonds is 4. The van der Waals surface area contributed by atoms with Crippen molar-refractivity contribution in [1.29, 1.82) is 0 Å². The second-order valence-electron chi connectivity index (χ2n) is 6.00. The number of amides is 2. The molecule has 1 aliphatic heterocycles. The van der Waals surface area contributed by atoms with Crippen molar-refractivity contribution in [3.63, 3.8) is 0 Å². The van der Waals surface area contributed by atoms with Gasteiger partial charge in [0, 0.05) is 25.7 Å². The van der Waals surface area contributed by atoms with E-state index in [1.165, 1.54) is 12.1 Å². The fourth-order valence-corrected chi connectivity index (χ4v) is 2.87. The van der Waals surface area contributed by atoms with E-state index in [0.717, 1.165) is 16.8 Å². The molecule has 0 spiro atoms. The van der Waals surface area contributed by atoms with Crippen molar-refractivity contribution < 1.29 is 14.0 Å². The average Bonchev–Trinajstić information content (AvgIpc) is 3.03. The minimum Gasteiger partial charge on any atom is -0.359 e. The minimum atomic E-state index is -0.296. The lowest BCUT2D eigenvalue weighted by atomic mass is 10.1. The molecule has 0 bridgehead atoms. The third-order valence-electron chi connectivity index (χ3n) is 4.29. The Bertz CT molecular complexity index is 797. The lowest BCUT2D eigenvalue weighted by Gasteiger charge is -2.16. The number of carbonyl (C=O) groups is 2. The second kappa shape index (κ2) is 7.30.